The van der Waals surface area contributed by atoms with E-state index in [9.17, 15) is 4.79 Å². The maximum Gasteiger partial charge on any atom is 0.226 e. The van der Waals surface area contributed by atoms with E-state index in [-0.39, 0.29) is 5.41 Å². The molecule has 0 aromatic rings. The number of hydrogen-bond acceptors (Lipinski definition) is 1. The summed E-state index contributed by atoms with van der Waals surface area (Å²) in [6.07, 6.45) is 9.89. The average Bonchev–Trinajstić information content (AvgIpc) is 2.33. The molecule has 3 unspecified atom stereocenters. The van der Waals surface area contributed by atoms with E-state index in [0.717, 1.165) is 44.1 Å². The van der Waals surface area contributed by atoms with Gasteiger partial charge in [-0.25, -0.2) is 0 Å². The Bertz CT molecular complexity index is 380. The molecule has 0 aromatic heterocycles. The summed E-state index contributed by atoms with van der Waals surface area (Å²) in [5.74, 6) is 2.00. The smallest absolute Gasteiger partial charge is 0.226 e. The first-order valence-corrected chi connectivity index (χ1v) is 9.29. The molecule has 4 aliphatic carbocycles. The fourth-order valence-corrected chi connectivity index (χ4v) is 6.41. The van der Waals surface area contributed by atoms with Crippen LogP contribution in [0.2, 0.25) is 0 Å². The SMILES string of the molecule is CCCC(Br)CNC(=O)C12CC3CC(CC(C)(C3)C1)C2. The highest BCUT2D eigenvalue weighted by atomic mass is 79.9. The molecule has 4 bridgehead atoms. The van der Waals surface area contributed by atoms with E-state index in [1.807, 2.05) is 0 Å². The Kier molecular flexibility index (Phi) is 3.94. The Hall–Kier alpha value is -0.0500. The van der Waals surface area contributed by atoms with Crippen molar-refractivity contribution < 1.29 is 4.79 Å². The van der Waals surface area contributed by atoms with Crippen LogP contribution in [0.4, 0.5) is 0 Å². The number of alkyl halides is 1. The van der Waals surface area contributed by atoms with Crippen LogP contribution in [0, 0.1) is 22.7 Å². The molecule has 4 aliphatic rings. The van der Waals surface area contributed by atoms with Gasteiger partial charge in [-0.3, -0.25) is 4.79 Å². The number of halogens is 1. The highest BCUT2D eigenvalue weighted by Crippen LogP contribution is 2.65. The highest BCUT2D eigenvalue weighted by molar-refractivity contribution is 9.09. The summed E-state index contributed by atoms with van der Waals surface area (Å²) in [5.41, 5.74) is 0.441. The van der Waals surface area contributed by atoms with Crippen molar-refractivity contribution in [1.29, 1.82) is 0 Å². The van der Waals surface area contributed by atoms with Gasteiger partial charge in [0.1, 0.15) is 0 Å². The molecule has 0 aliphatic heterocycles. The van der Waals surface area contributed by atoms with Crippen LogP contribution in [0.25, 0.3) is 0 Å². The lowest BCUT2D eigenvalue weighted by Gasteiger charge is -2.60. The summed E-state index contributed by atoms with van der Waals surface area (Å²) in [7, 11) is 0. The Morgan fingerprint density at radius 2 is 1.95 bits per heavy atom. The van der Waals surface area contributed by atoms with Crippen molar-refractivity contribution in [1.82, 2.24) is 5.32 Å². The van der Waals surface area contributed by atoms with E-state index in [4.69, 9.17) is 0 Å². The monoisotopic (exact) mass is 341 g/mol. The second kappa shape index (κ2) is 5.30. The van der Waals surface area contributed by atoms with E-state index >= 15 is 0 Å². The van der Waals surface area contributed by atoms with Crippen LogP contribution in [0.15, 0.2) is 0 Å². The van der Waals surface area contributed by atoms with Crippen molar-refractivity contribution in [3.05, 3.63) is 0 Å². The first-order chi connectivity index (χ1) is 9.45. The Labute approximate surface area is 131 Å². The molecule has 4 saturated carbocycles. The van der Waals surface area contributed by atoms with Gasteiger partial charge in [-0.05, 0) is 62.2 Å². The molecule has 4 rings (SSSR count). The molecule has 0 spiro atoms. The minimum atomic E-state index is -0.0161. The maximum atomic E-state index is 12.8. The number of carbonyl (C=O) groups excluding carboxylic acids is 1. The number of amides is 1. The van der Waals surface area contributed by atoms with E-state index in [0.29, 0.717) is 16.1 Å². The lowest BCUT2D eigenvalue weighted by molar-refractivity contribution is -0.155. The minimum Gasteiger partial charge on any atom is -0.354 e. The predicted octanol–water partition coefficient (Wildman–Crippen LogP) is 4.27. The highest BCUT2D eigenvalue weighted by Gasteiger charge is 2.58. The summed E-state index contributed by atoms with van der Waals surface area (Å²) in [6, 6.07) is 0. The zero-order chi connectivity index (χ0) is 14.4. The molecule has 3 atom stereocenters. The Morgan fingerprint density at radius 3 is 2.50 bits per heavy atom. The lowest BCUT2D eigenvalue weighted by Crippen LogP contribution is -2.57. The van der Waals surface area contributed by atoms with Crippen LogP contribution >= 0.6 is 15.9 Å². The Morgan fingerprint density at radius 1 is 1.30 bits per heavy atom. The van der Waals surface area contributed by atoms with Crippen molar-refractivity contribution in [3.8, 4) is 0 Å². The topological polar surface area (TPSA) is 29.1 Å². The Balaban J connectivity index is 1.65. The van der Waals surface area contributed by atoms with E-state index in [1.54, 1.807) is 0 Å². The normalized spacial score (nSPS) is 43.5. The predicted molar refractivity (Wildman–Crippen MR) is 85.9 cm³/mol. The van der Waals surface area contributed by atoms with Crippen molar-refractivity contribution in [2.75, 3.05) is 6.54 Å². The molecule has 1 amide bonds. The summed E-state index contributed by atoms with van der Waals surface area (Å²) in [5, 5.41) is 3.26. The maximum absolute atomic E-state index is 12.8. The molecular formula is C17H28BrNO. The minimum absolute atomic E-state index is 0.0161. The first kappa shape index (κ1) is 14.9. The second-order valence-corrected chi connectivity index (χ2v) is 9.44. The fourth-order valence-electron chi connectivity index (χ4n) is 5.79. The third-order valence-electron chi connectivity index (χ3n) is 5.92. The molecule has 4 fully saturated rings. The number of hydrogen-bond donors (Lipinski definition) is 1. The van der Waals surface area contributed by atoms with Gasteiger partial charge in [0.05, 0.1) is 5.41 Å². The zero-order valence-corrected chi connectivity index (χ0v) is 14.5. The van der Waals surface area contributed by atoms with Crippen molar-refractivity contribution in [3.63, 3.8) is 0 Å². The van der Waals surface area contributed by atoms with Crippen LogP contribution in [-0.2, 0) is 4.79 Å². The third-order valence-corrected chi connectivity index (χ3v) is 6.70. The van der Waals surface area contributed by atoms with Crippen molar-refractivity contribution >= 4 is 21.8 Å². The van der Waals surface area contributed by atoms with Gasteiger partial charge in [0.25, 0.3) is 0 Å². The fraction of sp³-hybridized carbons (Fsp3) is 0.941. The number of rotatable bonds is 5. The van der Waals surface area contributed by atoms with Gasteiger partial charge < -0.3 is 5.32 Å². The largest absolute Gasteiger partial charge is 0.354 e. The average molecular weight is 342 g/mol. The van der Waals surface area contributed by atoms with Gasteiger partial charge in [-0.2, -0.15) is 0 Å². The zero-order valence-electron chi connectivity index (χ0n) is 12.9. The first-order valence-electron chi connectivity index (χ1n) is 8.37. The van der Waals surface area contributed by atoms with Crippen molar-refractivity contribution in [2.24, 2.45) is 22.7 Å². The molecule has 1 N–H and O–H groups in total. The molecule has 2 nitrogen and oxygen atoms in total. The third kappa shape index (κ3) is 2.67. The van der Waals surface area contributed by atoms with Crippen LogP contribution < -0.4 is 5.32 Å². The number of carbonyl (C=O) groups is 1. The molecular weight excluding hydrogens is 314 g/mol. The van der Waals surface area contributed by atoms with Gasteiger partial charge in [-0.15, -0.1) is 0 Å². The van der Waals surface area contributed by atoms with Crippen LogP contribution in [0.1, 0.15) is 65.2 Å². The van der Waals surface area contributed by atoms with Crippen LogP contribution in [-0.4, -0.2) is 17.3 Å². The van der Waals surface area contributed by atoms with Gasteiger partial charge in [-0.1, -0.05) is 36.2 Å². The molecule has 0 radical (unpaired) electrons. The molecule has 114 valence electrons. The van der Waals surface area contributed by atoms with E-state index in [2.05, 4.69) is 35.1 Å². The lowest BCUT2D eigenvalue weighted by atomic mass is 9.44. The van der Waals surface area contributed by atoms with Crippen molar-refractivity contribution in [2.45, 2.75) is 70.0 Å². The van der Waals surface area contributed by atoms with Gasteiger partial charge >= 0.3 is 0 Å². The van der Waals surface area contributed by atoms with E-state index < -0.39 is 0 Å². The summed E-state index contributed by atoms with van der Waals surface area (Å²) in [4.78, 5) is 13.2. The van der Waals surface area contributed by atoms with Gasteiger partial charge in [0, 0.05) is 11.4 Å². The van der Waals surface area contributed by atoms with Gasteiger partial charge in [0.2, 0.25) is 5.91 Å². The number of nitrogens with one attached hydrogen (secondary N) is 1. The quantitative estimate of drug-likeness (QED) is 0.743. The van der Waals surface area contributed by atoms with Crippen LogP contribution in [0.3, 0.4) is 0 Å². The molecule has 0 aromatic carbocycles. The molecule has 20 heavy (non-hydrogen) atoms. The van der Waals surface area contributed by atoms with E-state index in [1.165, 1.54) is 25.7 Å². The molecule has 3 heteroatoms. The second-order valence-electron chi connectivity index (χ2n) is 8.15. The standard InChI is InChI=1S/C17H28BrNO/c1-3-4-14(18)10-19-15(20)17-8-12-5-13(9-17)7-16(2,6-12)11-17/h12-14H,3-11H2,1-2H3,(H,19,20). The van der Waals surface area contributed by atoms with Gasteiger partial charge in [0.15, 0.2) is 0 Å². The molecule has 0 saturated heterocycles. The summed E-state index contributed by atoms with van der Waals surface area (Å²) >= 11 is 3.67. The summed E-state index contributed by atoms with van der Waals surface area (Å²) in [6.45, 7) is 5.41. The van der Waals surface area contributed by atoms with Crippen LogP contribution in [0.5, 0.6) is 0 Å². The summed E-state index contributed by atoms with van der Waals surface area (Å²) < 4.78 is 0. The molecule has 0 heterocycles.